The first-order valence-corrected chi connectivity index (χ1v) is 9.86. The first-order chi connectivity index (χ1) is 13.5. The molecule has 1 atom stereocenters. The number of ether oxygens (including phenoxy) is 2. The molecule has 0 radical (unpaired) electrons. The number of piperidine rings is 1. The van der Waals surface area contributed by atoms with Gasteiger partial charge >= 0.3 is 0 Å². The van der Waals surface area contributed by atoms with Gasteiger partial charge in [0, 0.05) is 37.5 Å². The highest BCUT2D eigenvalue weighted by Gasteiger charge is 2.34. The van der Waals surface area contributed by atoms with Crippen LogP contribution in [0.2, 0.25) is 0 Å². The highest BCUT2D eigenvalue weighted by molar-refractivity contribution is 5.94. The average Bonchev–Trinajstić information content (AvgIpc) is 3.15. The average molecular weight is 382 g/mol. The number of benzene rings is 1. The van der Waals surface area contributed by atoms with Crippen molar-refractivity contribution in [1.82, 2.24) is 9.47 Å². The minimum absolute atomic E-state index is 0.0139. The summed E-state index contributed by atoms with van der Waals surface area (Å²) in [5, 5.41) is 0. The van der Waals surface area contributed by atoms with Crippen molar-refractivity contribution in [1.29, 1.82) is 0 Å². The summed E-state index contributed by atoms with van der Waals surface area (Å²) < 4.78 is 12.5. The Kier molecular flexibility index (Phi) is 4.87. The fourth-order valence-corrected chi connectivity index (χ4v) is 4.26. The van der Waals surface area contributed by atoms with Crippen molar-refractivity contribution in [2.45, 2.75) is 39.7 Å². The number of pyridine rings is 1. The standard InChI is InChI=1S/C22H26N2O4/c1-3-23-10-7-17(12-20(23)25)21(26)24-9-4-8-22(2,14-24)13-16-5-6-18-19(11-16)28-15-27-18/h5-7,10-12H,3-4,8-9,13-15H2,1-2H3. The highest BCUT2D eigenvalue weighted by atomic mass is 16.7. The Hall–Kier alpha value is -2.76. The molecule has 0 bridgehead atoms. The van der Waals surface area contributed by atoms with Gasteiger partial charge in [-0.1, -0.05) is 13.0 Å². The lowest BCUT2D eigenvalue weighted by atomic mass is 9.76. The number of fused-ring (bicyclic) bond motifs is 1. The van der Waals surface area contributed by atoms with Crippen LogP contribution >= 0.6 is 0 Å². The second-order valence-corrected chi connectivity index (χ2v) is 8.04. The zero-order chi connectivity index (χ0) is 19.7. The lowest BCUT2D eigenvalue weighted by Gasteiger charge is -2.40. The summed E-state index contributed by atoms with van der Waals surface area (Å²) >= 11 is 0. The van der Waals surface area contributed by atoms with Crippen LogP contribution in [-0.2, 0) is 13.0 Å². The number of aryl methyl sites for hydroxylation is 1. The van der Waals surface area contributed by atoms with Crippen LogP contribution < -0.4 is 15.0 Å². The summed E-state index contributed by atoms with van der Waals surface area (Å²) in [6, 6.07) is 9.27. The number of aromatic nitrogens is 1. The predicted octanol–water partition coefficient (Wildman–Crippen LogP) is 3.08. The van der Waals surface area contributed by atoms with Gasteiger partial charge < -0.3 is 18.9 Å². The van der Waals surface area contributed by atoms with Gasteiger partial charge in [0.05, 0.1) is 0 Å². The van der Waals surface area contributed by atoms with E-state index in [0.717, 1.165) is 37.3 Å². The molecule has 1 fully saturated rings. The molecule has 2 aliphatic heterocycles. The van der Waals surface area contributed by atoms with E-state index in [0.29, 0.717) is 18.7 Å². The Morgan fingerprint density at radius 3 is 2.79 bits per heavy atom. The summed E-state index contributed by atoms with van der Waals surface area (Å²) in [5.41, 5.74) is 1.52. The van der Waals surface area contributed by atoms with Gasteiger partial charge in [-0.3, -0.25) is 9.59 Å². The van der Waals surface area contributed by atoms with E-state index in [1.54, 1.807) is 16.8 Å². The number of carbonyl (C=O) groups excluding carboxylic acids is 1. The molecule has 2 aromatic rings. The molecule has 1 aromatic carbocycles. The zero-order valence-corrected chi connectivity index (χ0v) is 16.4. The maximum atomic E-state index is 13.0. The van der Waals surface area contributed by atoms with E-state index in [9.17, 15) is 9.59 Å². The van der Waals surface area contributed by atoms with Crippen LogP contribution in [0.3, 0.4) is 0 Å². The molecule has 1 unspecified atom stereocenters. The minimum atomic E-state index is -0.131. The first kappa shape index (κ1) is 18.6. The van der Waals surface area contributed by atoms with Crippen molar-refractivity contribution in [3.8, 4) is 11.5 Å². The smallest absolute Gasteiger partial charge is 0.254 e. The van der Waals surface area contributed by atoms with Crippen molar-refractivity contribution in [2.24, 2.45) is 5.41 Å². The third-order valence-corrected chi connectivity index (χ3v) is 5.72. The molecule has 1 aromatic heterocycles. The molecule has 1 amide bonds. The Labute approximate surface area is 164 Å². The zero-order valence-electron chi connectivity index (χ0n) is 16.4. The van der Waals surface area contributed by atoms with E-state index in [2.05, 4.69) is 13.0 Å². The lowest BCUT2D eigenvalue weighted by Crippen LogP contribution is -2.46. The van der Waals surface area contributed by atoms with E-state index in [1.807, 2.05) is 24.0 Å². The van der Waals surface area contributed by atoms with Gasteiger partial charge in [-0.15, -0.1) is 0 Å². The molecule has 0 aliphatic carbocycles. The van der Waals surface area contributed by atoms with Gasteiger partial charge in [0.25, 0.3) is 11.5 Å². The van der Waals surface area contributed by atoms with E-state index >= 15 is 0 Å². The number of likely N-dealkylation sites (tertiary alicyclic amines) is 1. The molecule has 1 saturated heterocycles. The van der Waals surface area contributed by atoms with E-state index in [1.165, 1.54) is 11.6 Å². The monoisotopic (exact) mass is 382 g/mol. The van der Waals surface area contributed by atoms with Crippen LogP contribution in [0.25, 0.3) is 0 Å². The number of hydrogen-bond donors (Lipinski definition) is 0. The number of carbonyl (C=O) groups is 1. The van der Waals surface area contributed by atoms with Gasteiger partial charge in [-0.25, -0.2) is 0 Å². The third-order valence-electron chi connectivity index (χ3n) is 5.72. The van der Waals surface area contributed by atoms with Crippen LogP contribution in [-0.4, -0.2) is 35.3 Å². The molecule has 6 heteroatoms. The molecular formula is C22H26N2O4. The van der Waals surface area contributed by atoms with E-state index in [-0.39, 0.29) is 23.7 Å². The molecule has 2 aliphatic rings. The summed E-state index contributed by atoms with van der Waals surface area (Å²) in [7, 11) is 0. The molecule has 0 spiro atoms. The van der Waals surface area contributed by atoms with E-state index in [4.69, 9.17) is 9.47 Å². The third kappa shape index (κ3) is 3.63. The van der Waals surface area contributed by atoms with Gasteiger partial charge in [0.15, 0.2) is 11.5 Å². The van der Waals surface area contributed by atoms with Crippen molar-refractivity contribution in [3.05, 3.63) is 58.0 Å². The van der Waals surface area contributed by atoms with Gasteiger partial charge in [-0.05, 0) is 55.4 Å². The van der Waals surface area contributed by atoms with Gasteiger partial charge in [0.1, 0.15) is 0 Å². The molecule has 4 rings (SSSR count). The molecule has 28 heavy (non-hydrogen) atoms. The molecule has 148 valence electrons. The molecule has 3 heterocycles. The van der Waals surface area contributed by atoms with Crippen molar-refractivity contribution < 1.29 is 14.3 Å². The first-order valence-electron chi connectivity index (χ1n) is 9.86. The molecule has 0 saturated carbocycles. The number of amides is 1. The second-order valence-electron chi connectivity index (χ2n) is 8.04. The van der Waals surface area contributed by atoms with Gasteiger partial charge in [0.2, 0.25) is 6.79 Å². The minimum Gasteiger partial charge on any atom is -0.454 e. The van der Waals surface area contributed by atoms with Crippen molar-refractivity contribution in [2.75, 3.05) is 19.9 Å². The van der Waals surface area contributed by atoms with Crippen LogP contribution in [0.15, 0.2) is 41.3 Å². The Morgan fingerprint density at radius 2 is 2.00 bits per heavy atom. The quantitative estimate of drug-likeness (QED) is 0.815. The summed E-state index contributed by atoms with van der Waals surface area (Å²) in [6.45, 7) is 6.42. The maximum Gasteiger partial charge on any atom is 0.254 e. The fraction of sp³-hybridized carbons (Fsp3) is 0.455. The predicted molar refractivity (Wildman–Crippen MR) is 106 cm³/mol. The van der Waals surface area contributed by atoms with Gasteiger partial charge in [-0.2, -0.15) is 0 Å². The lowest BCUT2D eigenvalue weighted by molar-refractivity contribution is 0.0550. The molecule has 0 N–H and O–H groups in total. The number of nitrogens with zero attached hydrogens (tertiary/aromatic N) is 2. The van der Waals surface area contributed by atoms with Crippen molar-refractivity contribution in [3.63, 3.8) is 0 Å². The highest BCUT2D eigenvalue weighted by Crippen LogP contribution is 2.37. The SMILES string of the molecule is CCn1ccc(C(=O)N2CCCC(C)(Cc3ccc4c(c3)OCO4)C2)cc1=O. The number of hydrogen-bond acceptors (Lipinski definition) is 4. The van der Waals surface area contributed by atoms with Crippen LogP contribution in [0.4, 0.5) is 0 Å². The second kappa shape index (κ2) is 7.34. The fourth-order valence-electron chi connectivity index (χ4n) is 4.26. The normalized spacial score (nSPS) is 21.0. The maximum absolute atomic E-state index is 13.0. The van der Waals surface area contributed by atoms with Crippen LogP contribution in [0.1, 0.15) is 42.6 Å². The van der Waals surface area contributed by atoms with E-state index < -0.39 is 0 Å². The van der Waals surface area contributed by atoms with Crippen LogP contribution in [0, 0.1) is 5.41 Å². The Morgan fingerprint density at radius 1 is 1.18 bits per heavy atom. The summed E-state index contributed by atoms with van der Waals surface area (Å²) in [4.78, 5) is 27.0. The van der Waals surface area contributed by atoms with Crippen molar-refractivity contribution >= 4 is 5.91 Å². The van der Waals surface area contributed by atoms with Crippen LogP contribution in [0.5, 0.6) is 11.5 Å². The summed E-state index contributed by atoms with van der Waals surface area (Å²) in [6.07, 6.45) is 4.58. The molecule has 6 nitrogen and oxygen atoms in total. The number of rotatable bonds is 4. The largest absolute Gasteiger partial charge is 0.454 e. The molecular weight excluding hydrogens is 356 g/mol. The topological polar surface area (TPSA) is 60.8 Å². The summed E-state index contributed by atoms with van der Waals surface area (Å²) in [5.74, 6) is 1.52. The Balaban J connectivity index is 1.49. The Bertz CT molecular complexity index is 952.